The maximum atomic E-state index is 5.50. The van der Waals surface area contributed by atoms with Crippen molar-refractivity contribution in [3.63, 3.8) is 0 Å². The molecule has 11 heavy (non-hydrogen) atoms. The zero-order valence-corrected chi connectivity index (χ0v) is 8.29. The molecule has 1 N–H and O–H groups in total. The van der Waals surface area contributed by atoms with Crippen LogP contribution in [0.15, 0.2) is 0 Å². The molecular weight excluding hydrogens is 158 g/mol. The Bertz CT molecular complexity index is 58.6. The van der Waals surface area contributed by atoms with Gasteiger partial charge in [0.2, 0.25) is 0 Å². The SMILES string of the molecule is CCCCCCCNCCCl. The molecule has 0 radical (unpaired) electrons. The Hall–Kier alpha value is 0.250. The highest BCUT2D eigenvalue weighted by atomic mass is 35.5. The Balaban J connectivity index is 2.69. The molecule has 0 aromatic heterocycles. The average molecular weight is 178 g/mol. The third-order valence-electron chi connectivity index (χ3n) is 1.73. The maximum absolute atomic E-state index is 5.50. The van der Waals surface area contributed by atoms with E-state index in [1.165, 1.54) is 32.1 Å². The molecule has 1 nitrogen and oxygen atoms in total. The zero-order chi connectivity index (χ0) is 8.36. The standard InChI is InChI=1S/C9H20ClN/c1-2-3-4-5-6-8-11-9-7-10/h11H,2-9H2,1H3. The molecule has 0 spiro atoms. The number of unbranched alkanes of at least 4 members (excludes halogenated alkanes) is 4. The summed E-state index contributed by atoms with van der Waals surface area (Å²) in [5.41, 5.74) is 0. The van der Waals surface area contributed by atoms with E-state index in [0.717, 1.165) is 19.0 Å². The van der Waals surface area contributed by atoms with Crippen LogP contribution in [0.1, 0.15) is 39.0 Å². The van der Waals surface area contributed by atoms with Gasteiger partial charge in [-0.2, -0.15) is 0 Å². The van der Waals surface area contributed by atoms with Crippen LogP contribution in [0.4, 0.5) is 0 Å². The second-order valence-electron chi connectivity index (χ2n) is 2.85. The Morgan fingerprint density at radius 3 is 2.36 bits per heavy atom. The monoisotopic (exact) mass is 177 g/mol. The van der Waals surface area contributed by atoms with Gasteiger partial charge >= 0.3 is 0 Å². The van der Waals surface area contributed by atoms with Gasteiger partial charge in [-0.1, -0.05) is 32.6 Å². The molecule has 0 heterocycles. The number of rotatable bonds is 8. The van der Waals surface area contributed by atoms with E-state index in [4.69, 9.17) is 11.6 Å². The van der Waals surface area contributed by atoms with Gasteiger partial charge < -0.3 is 5.32 Å². The molecule has 0 unspecified atom stereocenters. The quantitative estimate of drug-likeness (QED) is 0.444. The van der Waals surface area contributed by atoms with Crippen LogP contribution in [-0.4, -0.2) is 19.0 Å². The van der Waals surface area contributed by atoms with E-state index in [9.17, 15) is 0 Å². The van der Waals surface area contributed by atoms with Crippen molar-refractivity contribution in [2.75, 3.05) is 19.0 Å². The van der Waals surface area contributed by atoms with Gasteiger partial charge in [-0.25, -0.2) is 0 Å². The zero-order valence-electron chi connectivity index (χ0n) is 7.53. The van der Waals surface area contributed by atoms with E-state index >= 15 is 0 Å². The number of alkyl halides is 1. The van der Waals surface area contributed by atoms with Gasteiger partial charge in [-0.3, -0.25) is 0 Å². The highest BCUT2D eigenvalue weighted by molar-refractivity contribution is 6.18. The molecule has 0 saturated carbocycles. The van der Waals surface area contributed by atoms with Crippen LogP contribution < -0.4 is 5.32 Å². The lowest BCUT2D eigenvalue weighted by Crippen LogP contribution is -2.17. The predicted octanol–water partition coefficient (Wildman–Crippen LogP) is 2.79. The van der Waals surface area contributed by atoms with Crippen LogP contribution in [0.2, 0.25) is 0 Å². The number of hydrogen-bond acceptors (Lipinski definition) is 1. The molecule has 68 valence electrons. The summed E-state index contributed by atoms with van der Waals surface area (Å²) in [6.45, 7) is 4.33. The molecule has 0 saturated heterocycles. The predicted molar refractivity (Wildman–Crippen MR) is 52.3 cm³/mol. The van der Waals surface area contributed by atoms with Crippen LogP contribution in [0.3, 0.4) is 0 Å². The Labute approximate surface area is 75.5 Å². The lowest BCUT2D eigenvalue weighted by molar-refractivity contribution is 0.594. The first-order valence-corrected chi connectivity index (χ1v) is 5.22. The van der Waals surface area contributed by atoms with Gasteiger partial charge in [-0.05, 0) is 13.0 Å². The Morgan fingerprint density at radius 2 is 1.73 bits per heavy atom. The van der Waals surface area contributed by atoms with Gasteiger partial charge in [0.15, 0.2) is 0 Å². The molecule has 0 rings (SSSR count). The van der Waals surface area contributed by atoms with E-state index in [-0.39, 0.29) is 0 Å². The van der Waals surface area contributed by atoms with Crippen molar-refractivity contribution in [3.05, 3.63) is 0 Å². The molecule has 0 aliphatic heterocycles. The number of halogens is 1. The van der Waals surface area contributed by atoms with E-state index < -0.39 is 0 Å². The summed E-state index contributed by atoms with van der Waals surface area (Å²) in [5, 5.41) is 3.28. The maximum Gasteiger partial charge on any atom is 0.0348 e. The van der Waals surface area contributed by atoms with Crippen molar-refractivity contribution in [2.45, 2.75) is 39.0 Å². The first-order valence-electron chi connectivity index (χ1n) is 4.68. The lowest BCUT2D eigenvalue weighted by Gasteiger charge is -2.01. The molecule has 0 aromatic carbocycles. The molecule has 0 aliphatic rings. The van der Waals surface area contributed by atoms with Crippen LogP contribution in [0, 0.1) is 0 Å². The third-order valence-corrected chi connectivity index (χ3v) is 1.92. The summed E-state index contributed by atoms with van der Waals surface area (Å²) < 4.78 is 0. The topological polar surface area (TPSA) is 12.0 Å². The van der Waals surface area contributed by atoms with Crippen molar-refractivity contribution in [1.82, 2.24) is 5.32 Å². The molecule has 0 fully saturated rings. The van der Waals surface area contributed by atoms with Gasteiger partial charge in [-0.15, -0.1) is 11.6 Å². The fourth-order valence-electron chi connectivity index (χ4n) is 1.05. The summed E-state index contributed by atoms with van der Waals surface area (Å²) in [7, 11) is 0. The van der Waals surface area contributed by atoms with E-state index in [2.05, 4.69) is 12.2 Å². The van der Waals surface area contributed by atoms with Gasteiger partial charge in [0.25, 0.3) is 0 Å². The van der Waals surface area contributed by atoms with Crippen molar-refractivity contribution < 1.29 is 0 Å². The first kappa shape index (κ1) is 11.2. The lowest BCUT2D eigenvalue weighted by atomic mass is 10.1. The van der Waals surface area contributed by atoms with Crippen molar-refractivity contribution in [2.24, 2.45) is 0 Å². The second-order valence-corrected chi connectivity index (χ2v) is 3.23. The third kappa shape index (κ3) is 10.2. The molecule has 0 bridgehead atoms. The normalized spacial score (nSPS) is 10.4. The second kappa shape index (κ2) is 10.2. The smallest absolute Gasteiger partial charge is 0.0348 e. The summed E-state index contributed by atoms with van der Waals surface area (Å²) >= 11 is 5.50. The fourth-order valence-corrected chi connectivity index (χ4v) is 1.18. The molecular formula is C9H20ClN. The first-order chi connectivity index (χ1) is 5.41. The molecule has 0 amide bonds. The largest absolute Gasteiger partial charge is 0.316 e. The summed E-state index contributed by atoms with van der Waals surface area (Å²) in [6.07, 6.45) is 6.77. The average Bonchev–Trinajstić information content (AvgIpc) is 2.03. The van der Waals surface area contributed by atoms with Crippen LogP contribution >= 0.6 is 11.6 Å². The highest BCUT2D eigenvalue weighted by Gasteiger charge is 1.87. The van der Waals surface area contributed by atoms with E-state index in [1.807, 2.05) is 0 Å². The highest BCUT2D eigenvalue weighted by Crippen LogP contribution is 2.00. The summed E-state index contributed by atoms with van der Waals surface area (Å²) in [5.74, 6) is 0.731. The van der Waals surface area contributed by atoms with E-state index in [0.29, 0.717) is 0 Å². The van der Waals surface area contributed by atoms with Gasteiger partial charge in [0, 0.05) is 12.4 Å². The molecule has 0 atom stereocenters. The molecule has 2 heteroatoms. The van der Waals surface area contributed by atoms with Crippen molar-refractivity contribution in [3.8, 4) is 0 Å². The Morgan fingerprint density at radius 1 is 1.00 bits per heavy atom. The van der Waals surface area contributed by atoms with Crippen LogP contribution in [0.5, 0.6) is 0 Å². The summed E-state index contributed by atoms with van der Waals surface area (Å²) in [6, 6.07) is 0. The minimum absolute atomic E-state index is 0.731. The fraction of sp³-hybridized carbons (Fsp3) is 1.00. The van der Waals surface area contributed by atoms with Gasteiger partial charge in [0.05, 0.1) is 0 Å². The number of nitrogens with one attached hydrogen (secondary N) is 1. The molecule has 0 aliphatic carbocycles. The Kier molecular flexibility index (Phi) is 10.5. The van der Waals surface area contributed by atoms with Crippen LogP contribution in [-0.2, 0) is 0 Å². The minimum atomic E-state index is 0.731. The van der Waals surface area contributed by atoms with Gasteiger partial charge in [0.1, 0.15) is 0 Å². The minimum Gasteiger partial charge on any atom is -0.316 e. The molecule has 0 aromatic rings. The van der Waals surface area contributed by atoms with Crippen LogP contribution in [0.25, 0.3) is 0 Å². The summed E-state index contributed by atoms with van der Waals surface area (Å²) in [4.78, 5) is 0. The van der Waals surface area contributed by atoms with Crippen molar-refractivity contribution >= 4 is 11.6 Å². The number of hydrogen-bond donors (Lipinski definition) is 1. The van der Waals surface area contributed by atoms with Crippen molar-refractivity contribution in [1.29, 1.82) is 0 Å². The van der Waals surface area contributed by atoms with E-state index in [1.54, 1.807) is 0 Å².